The molecule has 6 nitrogen and oxygen atoms in total. The minimum atomic E-state index is -0.719. The molecule has 0 bridgehead atoms. The van der Waals surface area contributed by atoms with Crippen LogP contribution in [0.1, 0.15) is 30.5 Å². The Balaban J connectivity index is 1.92. The van der Waals surface area contributed by atoms with Gasteiger partial charge in [0.1, 0.15) is 17.5 Å². The van der Waals surface area contributed by atoms with E-state index in [0.717, 1.165) is 21.2 Å². The summed E-state index contributed by atoms with van der Waals surface area (Å²) in [6.45, 7) is 5.82. The summed E-state index contributed by atoms with van der Waals surface area (Å²) in [5, 5.41) is 2.99. The van der Waals surface area contributed by atoms with Crippen LogP contribution >= 0.6 is 15.9 Å². The van der Waals surface area contributed by atoms with Crippen LogP contribution in [0.2, 0.25) is 0 Å². The van der Waals surface area contributed by atoms with Gasteiger partial charge in [0.05, 0.1) is 7.11 Å². The van der Waals surface area contributed by atoms with Gasteiger partial charge >= 0.3 is 0 Å². The molecule has 0 saturated carbocycles. The van der Waals surface area contributed by atoms with E-state index in [1.54, 1.807) is 12.0 Å². The number of nitrogens with zero attached hydrogens (tertiary/aromatic N) is 1. The zero-order chi connectivity index (χ0) is 26.1. The predicted molar refractivity (Wildman–Crippen MR) is 145 cm³/mol. The van der Waals surface area contributed by atoms with Crippen LogP contribution in [0.15, 0.2) is 77.3 Å². The summed E-state index contributed by atoms with van der Waals surface area (Å²) in [5.41, 5.74) is 2.83. The van der Waals surface area contributed by atoms with E-state index in [9.17, 15) is 9.59 Å². The number of amides is 2. The van der Waals surface area contributed by atoms with Crippen molar-refractivity contribution in [3.05, 3.63) is 94.0 Å². The molecule has 3 aromatic carbocycles. The number of hydrogen-bond donors (Lipinski definition) is 1. The monoisotopic (exact) mass is 552 g/mol. The lowest BCUT2D eigenvalue weighted by Crippen LogP contribution is -2.52. The van der Waals surface area contributed by atoms with E-state index >= 15 is 0 Å². The van der Waals surface area contributed by atoms with Crippen molar-refractivity contribution in [2.45, 2.75) is 45.8 Å². The summed E-state index contributed by atoms with van der Waals surface area (Å²) in [5.74, 6) is 0.798. The van der Waals surface area contributed by atoms with Gasteiger partial charge in [-0.25, -0.2) is 0 Å². The molecule has 0 radical (unpaired) electrons. The van der Waals surface area contributed by atoms with E-state index in [4.69, 9.17) is 9.47 Å². The summed E-state index contributed by atoms with van der Waals surface area (Å²) in [4.78, 5) is 28.6. The van der Waals surface area contributed by atoms with Crippen molar-refractivity contribution in [3.63, 3.8) is 0 Å². The van der Waals surface area contributed by atoms with Crippen molar-refractivity contribution >= 4 is 27.7 Å². The second-order valence-corrected chi connectivity index (χ2v) is 9.80. The molecule has 3 aromatic rings. The van der Waals surface area contributed by atoms with E-state index in [1.165, 1.54) is 0 Å². The van der Waals surface area contributed by atoms with Crippen molar-refractivity contribution in [1.82, 2.24) is 10.2 Å². The molecule has 1 atom stereocenters. The first-order valence-electron chi connectivity index (χ1n) is 11.9. The molecule has 0 aromatic heterocycles. The number of hydrogen-bond acceptors (Lipinski definition) is 4. The van der Waals surface area contributed by atoms with Crippen LogP contribution in [0.25, 0.3) is 0 Å². The van der Waals surface area contributed by atoms with Gasteiger partial charge in [0.15, 0.2) is 6.61 Å². The average Bonchev–Trinajstić information content (AvgIpc) is 2.87. The quantitative estimate of drug-likeness (QED) is 0.350. The normalized spacial score (nSPS) is 11.6. The molecule has 0 fully saturated rings. The Bertz CT molecular complexity index is 1170. The van der Waals surface area contributed by atoms with Crippen LogP contribution in [0.3, 0.4) is 0 Å². The molecule has 0 aliphatic heterocycles. The number of halogens is 1. The molecule has 1 N–H and O–H groups in total. The molecule has 1 unspecified atom stereocenters. The fourth-order valence-electron chi connectivity index (χ4n) is 3.84. The maximum atomic E-state index is 13.6. The van der Waals surface area contributed by atoms with Crippen LogP contribution in [-0.4, -0.2) is 42.5 Å². The Morgan fingerprint density at radius 2 is 1.67 bits per heavy atom. The molecule has 0 heterocycles. The summed E-state index contributed by atoms with van der Waals surface area (Å²) < 4.78 is 12.2. The highest BCUT2D eigenvalue weighted by Gasteiger charge is 2.31. The van der Waals surface area contributed by atoms with E-state index in [0.29, 0.717) is 17.9 Å². The summed E-state index contributed by atoms with van der Waals surface area (Å²) in [6.07, 6.45) is 0.381. The molecule has 0 spiro atoms. The lowest BCUT2D eigenvalue weighted by molar-refractivity contribution is -0.143. The first-order chi connectivity index (χ1) is 17.3. The molecule has 0 aliphatic carbocycles. The topological polar surface area (TPSA) is 67.9 Å². The van der Waals surface area contributed by atoms with Gasteiger partial charge in [-0.2, -0.15) is 0 Å². The number of benzene rings is 3. The molecule has 3 rings (SSSR count). The van der Waals surface area contributed by atoms with Gasteiger partial charge in [-0.3, -0.25) is 9.59 Å². The predicted octanol–water partition coefficient (Wildman–Crippen LogP) is 5.31. The van der Waals surface area contributed by atoms with Crippen molar-refractivity contribution in [2.24, 2.45) is 0 Å². The van der Waals surface area contributed by atoms with E-state index in [1.807, 2.05) is 93.6 Å². The fraction of sp³-hybridized carbons (Fsp3) is 0.310. The second kappa shape index (κ2) is 13.1. The zero-order valence-corrected chi connectivity index (χ0v) is 22.7. The second-order valence-electron chi connectivity index (χ2n) is 8.94. The summed E-state index contributed by atoms with van der Waals surface area (Å²) in [6, 6.07) is 22.0. The highest BCUT2D eigenvalue weighted by Crippen LogP contribution is 2.22. The van der Waals surface area contributed by atoms with Gasteiger partial charge in [-0.05, 0) is 67.8 Å². The Labute approximate surface area is 221 Å². The van der Waals surface area contributed by atoms with Gasteiger partial charge in [0.25, 0.3) is 5.91 Å². The van der Waals surface area contributed by atoms with Crippen molar-refractivity contribution in [2.75, 3.05) is 13.7 Å². The van der Waals surface area contributed by atoms with E-state index in [-0.39, 0.29) is 31.0 Å². The third-order valence-corrected chi connectivity index (χ3v) is 6.57. The number of nitrogens with one attached hydrogen (secondary N) is 1. The van der Waals surface area contributed by atoms with Gasteiger partial charge in [-0.1, -0.05) is 58.4 Å². The molecular formula is C29H33BrN2O4. The fourth-order valence-corrected chi connectivity index (χ4v) is 4.08. The smallest absolute Gasteiger partial charge is 0.261 e. The first kappa shape index (κ1) is 27.3. The molecule has 0 aliphatic rings. The van der Waals surface area contributed by atoms with Crippen molar-refractivity contribution in [3.8, 4) is 11.5 Å². The Hall–Kier alpha value is -3.32. The van der Waals surface area contributed by atoms with Crippen LogP contribution in [0.4, 0.5) is 0 Å². The number of methoxy groups -OCH3 is 1. The van der Waals surface area contributed by atoms with Gasteiger partial charge in [0, 0.05) is 23.5 Å². The standard InChI is InChI=1S/C29H33BrN2O4/c1-20(2)31-29(34)27(17-22-9-6-5-7-10-22)32(18-23-11-8-12-24(16-23)35-4)28(33)19-36-25-13-14-26(30)21(3)15-25/h5-16,20,27H,17-19H2,1-4H3,(H,31,34). The largest absolute Gasteiger partial charge is 0.497 e. The van der Waals surface area contributed by atoms with Crippen LogP contribution in [-0.2, 0) is 22.6 Å². The van der Waals surface area contributed by atoms with Crippen LogP contribution in [0, 0.1) is 6.92 Å². The number of carbonyl (C=O) groups excluding carboxylic acids is 2. The van der Waals surface area contributed by atoms with Crippen molar-refractivity contribution < 1.29 is 19.1 Å². The number of carbonyl (C=O) groups is 2. The van der Waals surface area contributed by atoms with Gasteiger partial charge < -0.3 is 19.7 Å². The lowest BCUT2D eigenvalue weighted by atomic mass is 10.0. The lowest BCUT2D eigenvalue weighted by Gasteiger charge is -2.32. The van der Waals surface area contributed by atoms with Gasteiger partial charge in [-0.15, -0.1) is 0 Å². The Morgan fingerprint density at radius 1 is 0.944 bits per heavy atom. The van der Waals surface area contributed by atoms with E-state index < -0.39 is 6.04 Å². The number of rotatable bonds is 11. The third kappa shape index (κ3) is 7.85. The Morgan fingerprint density at radius 3 is 2.33 bits per heavy atom. The van der Waals surface area contributed by atoms with Crippen LogP contribution in [0.5, 0.6) is 11.5 Å². The third-order valence-electron chi connectivity index (χ3n) is 5.68. The molecule has 7 heteroatoms. The Kier molecular flexibility index (Phi) is 9.94. The molecule has 190 valence electrons. The van der Waals surface area contributed by atoms with Crippen LogP contribution < -0.4 is 14.8 Å². The molecule has 36 heavy (non-hydrogen) atoms. The minimum Gasteiger partial charge on any atom is -0.497 e. The molecular weight excluding hydrogens is 520 g/mol. The van der Waals surface area contributed by atoms with Gasteiger partial charge in [0.2, 0.25) is 5.91 Å². The first-order valence-corrected chi connectivity index (χ1v) is 12.7. The zero-order valence-electron chi connectivity index (χ0n) is 21.2. The number of aryl methyl sites for hydroxylation is 1. The maximum absolute atomic E-state index is 13.6. The summed E-state index contributed by atoms with van der Waals surface area (Å²) in [7, 11) is 1.60. The van der Waals surface area contributed by atoms with Crippen molar-refractivity contribution in [1.29, 1.82) is 0 Å². The van der Waals surface area contributed by atoms with E-state index in [2.05, 4.69) is 21.2 Å². The molecule has 2 amide bonds. The minimum absolute atomic E-state index is 0.0634. The SMILES string of the molecule is COc1cccc(CN(C(=O)COc2ccc(Br)c(C)c2)C(Cc2ccccc2)C(=O)NC(C)C)c1. The maximum Gasteiger partial charge on any atom is 0.261 e. The summed E-state index contributed by atoms with van der Waals surface area (Å²) >= 11 is 3.48. The average molecular weight is 553 g/mol. The highest BCUT2D eigenvalue weighted by molar-refractivity contribution is 9.10. The highest BCUT2D eigenvalue weighted by atomic mass is 79.9. The molecule has 0 saturated heterocycles. The number of ether oxygens (including phenoxy) is 2.